The van der Waals surface area contributed by atoms with Gasteiger partial charge in [0.15, 0.2) is 0 Å². The first-order valence-corrected chi connectivity index (χ1v) is 10.8. The molecule has 1 saturated carbocycles. The molecule has 0 aliphatic heterocycles. The fourth-order valence-electron chi connectivity index (χ4n) is 5.35. The van der Waals surface area contributed by atoms with Crippen LogP contribution in [-0.4, -0.2) is 30.8 Å². The largest absolute Gasteiger partial charge is 0.481 e. The summed E-state index contributed by atoms with van der Waals surface area (Å²) in [6.45, 7) is 10.2. The van der Waals surface area contributed by atoms with Crippen molar-refractivity contribution >= 4 is 5.97 Å². The second kappa shape index (κ2) is 6.87. The summed E-state index contributed by atoms with van der Waals surface area (Å²) in [5.74, 6) is -0.843. The zero-order valence-electron chi connectivity index (χ0n) is 19.7. The third-order valence-electron chi connectivity index (χ3n) is 6.72. The van der Waals surface area contributed by atoms with E-state index in [1.807, 2.05) is 57.2 Å². The van der Waals surface area contributed by atoms with E-state index in [1.54, 1.807) is 0 Å². The van der Waals surface area contributed by atoms with Crippen LogP contribution in [0.15, 0.2) is 60.0 Å². The number of carbonyl (C=O) groups excluding carboxylic acids is 1. The molecule has 1 spiro atoms. The standard InChI is InChI=1S/C27H29NO4/c1-24(2,3)28-16-26(23(30)32-7)21(22(29)31-6)27(26)19-14-10-8-12-17(19)25(4,5)18-13-9-11-15-20(18)27/h8-15H,1-7H3/p+1/b22-21+. The van der Waals surface area contributed by atoms with Crippen molar-refractivity contribution in [3.8, 4) is 6.07 Å². The number of benzene rings is 2. The van der Waals surface area contributed by atoms with E-state index in [0.717, 1.165) is 22.3 Å². The van der Waals surface area contributed by atoms with Crippen LogP contribution in [0.25, 0.3) is 4.85 Å². The van der Waals surface area contributed by atoms with Gasteiger partial charge in [0, 0.05) is 26.2 Å². The van der Waals surface area contributed by atoms with E-state index in [1.165, 1.54) is 14.2 Å². The normalized spacial score (nSPS) is 23.2. The number of carbonyl (C=O) groups is 1. The molecule has 1 N–H and O–H groups in total. The average molecular weight is 433 g/mol. The summed E-state index contributed by atoms with van der Waals surface area (Å²) in [5, 5.41) is 11.0. The summed E-state index contributed by atoms with van der Waals surface area (Å²) < 4.78 is 10.6. The topological polar surface area (TPSA) is 60.1 Å². The summed E-state index contributed by atoms with van der Waals surface area (Å²) >= 11 is 0. The summed E-state index contributed by atoms with van der Waals surface area (Å²) in [6, 6.07) is 19.2. The van der Waals surface area contributed by atoms with Crippen molar-refractivity contribution in [2.24, 2.45) is 5.41 Å². The Labute approximate surface area is 189 Å². The minimum atomic E-state index is -1.45. The molecule has 0 amide bonds. The minimum Gasteiger partial charge on any atom is -0.481 e. The third-order valence-corrected chi connectivity index (χ3v) is 6.72. The molecule has 2 aliphatic carbocycles. The van der Waals surface area contributed by atoms with Gasteiger partial charge in [-0.2, -0.15) is 0 Å². The van der Waals surface area contributed by atoms with Crippen LogP contribution in [-0.2, 0) is 25.1 Å². The third kappa shape index (κ3) is 2.59. The number of esters is 1. The van der Waals surface area contributed by atoms with E-state index < -0.39 is 22.3 Å². The molecule has 0 aromatic heterocycles. The van der Waals surface area contributed by atoms with Crippen LogP contribution in [0.2, 0.25) is 0 Å². The summed E-state index contributed by atoms with van der Waals surface area (Å²) in [7, 11) is 2.74. The molecule has 32 heavy (non-hydrogen) atoms. The number of hydrogen-bond acceptors (Lipinski definition) is 4. The van der Waals surface area contributed by atoms with Gasteiger partial charge >= 0.3 is 5.97 Å². The Bertz CT molecular complexity index is 1160. The fraction of sp³-hybridized carbons (Fsp3) is 0.407. The molecule has 1 atom stereocenters. The lowest BCUT2D eigenvalue weighted by atomic mass is 9.61. The minimum absolute atomic E-state index is 0.308. The highest BCUT2D eigenvalue weighted by Gasteiger charge is 2.87. The molecule has 0 radical (unpaired) electrons. The van der Waals surface area contributed by atoms with Crippen molar-refractivity contribution in [1.29, 1.82) is 0 Å². The Balaban J connectivity index is 2.23. The summed E-state index contributed by atoms with van der Waals surface area (Å²) in [6.07, 6.45) is 0. The van der Waals surface area contributed by atoms with Gasteiger partial charge in [0.2, 0.25) is 5.41 Å². The lowest BCUT2D eigenvalue weighted by molar-refractivity contribution is -0.145. The Morgan fingerprint density at radius 1 is 0.906 bits per heavy atom. The number of hydrogen-bond donors (Lipinski definition) is 1. The van der Waals surface area contributed by atoms with Gasteiger partial charge in [0.1, 0.15) is 0 Å². The smallest absolute Gasteiger partial charge is 0.337 e. The Kier molecular flexibility index (Phi) is 4.71. The Morgan fingerprint density at radius 2 is 1.38 bits per heavy atom. The second-order valence-electron chi connectivity index (χ2n) is 9.99. The van der Waals surface area contributed by atoms with Crippen LogP contribution >= 0.6 is 0 Å². The highest BCUT2D eigenvalue weighted by atomic mass is 16.6. The predicted octanol–water partition coefficient (Wildman–Crippen LogP) is 5.33. The lowest BCUT2D eigenvalue weighted by Crippen LogP contribution is -2.37. The van der Waals surface area contributed by atoms with Crippen LogP contribution in [0, 0.1) is 11.5 Å². The second-order valence-corrected chi connectivity index (χ2v) is 9.99. The average Bonchev–Trinajstić information content (AvgIpc) is 3.40. The SMILES string of the molecule is COC(=O)C1(C#[N+]C(C)(C)C)/C(=C(/O)OC)C12c1ccccc1C(C)(C)c1ccccc12. The lowest BCUT2D eigenvalue weighted by Gasteiger charge is -2.40. The maximum absolute atomic E-state index is 13.6. The van der Waals surface area contributed by atoms with Gasteiger partial charge in [-0.15, -0.1) is 0 Å². The number of aliphatic hydroxyl groups is 1. The van der Waals surface area contributed by atoms with Crippen molar-refractivity contribution in [3.63, 3.8) is 0 Å². The first kappa shape index (κ1) is 22.0. The first-order chi connectivity index (χ1) is 15.0. The van der Waals surface area contributed by atoms with Crippen LogP contribution in [0.5, 0.6) is 0 Å². The van der Waals surface area contributed by atoms with Crippen LogP contribution < -0.4 is 0 Å². The molecule has 0 heterocycles. The van der Waals surface area contributed by atoms with E-state index >= 15 is 0 Å². The van der Waals surface area contributed by atoms with Crippen molar-refractivity contribution in [1.82, 2.24) is 0 Å². The zero-order valence-corrected chi connectivity index (χ0v) is 19.7. The zero-order chi connectivity index (χ0) is 23.5. The van der Waals surface area contributed by atoms with E-state index in [0.29, 0.717) is 5.57 Å². The van der Waals surface area contributed by atoms with Gasteiger partial charge < -0.3 is 14.6 Å². The number of methoxy groups -OCH3 is 2. The summed E-state index contributed by atoms with van der Waals surface area (Å²) in [4.78, 5) is 18.2. The monoisotopic (exact) mass is 432 g/mol. The van der Waals surface area contributed by atoms with Crippen molar-refractivity contribution < 1.29 is 19.4 Å². The molecule has 4 rings (SSSR count). The molecule has 2 aliphatic rings. The van der Waals surface area contributed by atoms with E-state index in [-0.39, 0.29) is 11.4 Å². The number of rotatable bonds is 2. The number of aliphatic hydroxyl groups excluding tert-OH is 1. The molecule has 0 saturated heterocycles. The van der Waals surface area contributed by atoms with Gasteiger partial charge in [-0.3, -0.25) is 0 Å². The molecule has 0 bridgehead atoms. The molecule has 5 heteroatoms. The van der Waals surface area contributed by atoms with Gasteiger partial charge in [0.05, 0.1) is 25.2 Å². The fourth-order valence-corrected chi connectivity index (χ4v) is 5.35. The van der Waals surface area contributed by atoms with Crippen molar-refractivity contribution in [2.45, 2.75) is 51.0 Å². The van der Waals surface area contributed by atoms with E-state index in [2.05, 4.69) is 36.9 Å². The quantitative estimate of drug-likeness (QED) is 0.515. The highest BCUT2D eigenvalue weighted by Crippen LogP contribution is 2.77. The van der Waals surface area contributed by atoms with Gasteiger partial charge in [-0.25, -0.2) is 4.79 Å². The molecule has 1 unspecified atom stereocenters. The maximum atomic E-state index is 13.6. The molecule has 2 aromatic carbocycles. The molecule has 2 aromatic rings. The Hall–Kier alpha value is -3.26. The predicted molar refractivity (Wildman–Crippen MR) is 124 cm³/mol. The van der Waals surface area contributed by atoms with E-state index in [4.69, 9.17) is 9.47 Å². The molecular weight excluding hydrogens is 402 g/mol. The van der Waals surface area contributed by atoms with Crippen LogP contribution in [0.3, 0.4) is 0 Å². The molecule has 1 fully saturated rings. The molecule has 5 nitrogen and oxygen atoms in total. The van der Waals surface area contributed by atoms with Gasteiger partial charge in [-0.1, -0.05) is 67.2 Å². The van der Waals surface area contributed by atoms with Crippen LogP contribution in [0.1, 0.15) is 56.9 Å². The molecular formula is C27H30NO4+. The summed E-state index contributed by atoms with van der Waals surface area (Å²) in [5.41, 5.74) is 1.13. The maximum Gasteiger partial charge on any atom is 0.337 e. The van der Waals surface area contributed by atoms with Crippen molar-refractivity contribution in [2.75, 3.05) is 14.2 Å². The number of fused-ring (bicyclic) bond motifs is 4. The van der Waals surface area contributed by atoms with Crippen LogP contribution in [0.4, 0.5) is 0 Å². The Morgan fingerprint density at radius 3 is 1.78 bits per heavy atom. The van der Waals surface area contributed by atoms with Gasteiger partial charge in [0.25, 0.3) is 17.6 Å². The number of ether oxygens (including phenoxy) is 2. The highest BCUT2D eigenvalue weighted by molar-refractivity contribution is 6.00. The van der Waals surface area contributed by atoms with Gasteiger partial charge in [-0.05, 0) is 22.3 Å². The molecule has 166 valence electrons. The van der Waals surface area contributed by atoms with Crippen molar-refractivity contribution in [3.05, 3.63) is 87.1 Å². The first-order valence-electron chi connectivity index (χ1n) is 10.8. The number of nitrogens with zero attached hydrogens (tertiary/aromatic N) is 1. The van der Waals surface area contributed by atoms with E-state index in [9.17, 15) is 9.90 Å².